The molecule has 0 heterocycles. The molecule has 3 aromatic rings. The van der Waals surface area contributed by atoms with E-state index in [4.69, 9.17) is 4.74 Å². The summed E-state index contributed by atoms with van der Waals surface area (Å²) < 4.78 is 4.75. The van der Waals surface area contributed by atoms with Gasteiger partial charge in [0.05, 0.1) is 7.11 Å². The van der Waals surface area contributed by atoms with Crippen LogP contribution in [0.15, 0.2) is 103 Å². The predicted octanol–water partition coefficient (Wildman–Crippen LogP) is 3.51. The molecule has 0 bridgehead atoms. The normalized spacial score (nSPS) is 11.3. The zero-order valence-corrected chi connectivity index (χ0v) is 15.6. The highest BCUT2D eigenvalue weighted by Gasteiger charge is 2.23. The highest BCUT2D eigenvalue weighted by Crippen LogP contribution is 2.43. The smallest absolute Gasteiger partial charge is 0.330 e. The Morgan fingerprint density at radius 3 is 1.46 bits per heavy atom. The Morgan fingerprint density at radius 2 is 1.12 bits per heavy atom. The van der Waals surface area contributed by atoms with E-state index in [1.165, 1.54) is 29.1 Å². The number of methoxy groups -OCH3 is 1. The van der Waals surface area contributed by atoms with Gasteiger partial charge in [-0.1, -0.05) is 103 Å². The molecule has 0 radical (unpaired) electrons. The van der Waals surface area contributed by atoms with Gasteiger partial charge in [-0.3, -0.25) is 0 Å². The topological polar surface area (TPSA) is 26.3 Å². The van der Waals surface area contributed by atoms with Gasteiger partial charge < -0.3 is 4.74 Å². The molecule has 3 heteroatoms. The minimum absolute atomic E-state index is 0.353. The average Bonchev–Trinajstić information content (AvgIpc) is 2.73. The standard InChI is InChI=1S/C23H21O2P/c1-25-23(24)18-11-19-26(20-12-5-2-6-13-20,21-14-7-3-8-15-21)22-16-9-4-10-17-22/h2-19H,1H3. The predicted molar refractivity (Wildman–Crippen MR) is 112 cm³/mol. The third-order valence-corrected chi connectivity index (χ3v) is 8.19. The highest BCUT2D eigenvalue weighted by molar-refractivity contribution is 7.94. The summed E-state index contributed by atoms with van der Waals surface area (Å²) in [4.78, 5) is 11.6. The minimum Gasteiger partial charge on any atom is -0.466 e. The van der Waals surface area contributed by atoms with Crippen molar-refractivity contribution in [2.75, 3.05) is 7.11 Å². The molecule has 130 valence electrons. The molecule has 3 aromatic carbocycles. The lowest BCUT2D eigenvalue weighted by Crippen LogP contribution is -2.26. The summed E-state index contributed by atoms with van der Waals surface area (Å²) in [6.45, 7) is -2.04. The summed E-state index contributed by atoms with van der Waals surface area (Å²) in [5.41, 5.74) is 0. The molecule has 0 spiro atoms. The molecular formula is C23H21O2P. The fourth-order valence-electron chi connectivity index (χ4n) is 3.01. The van der Waals surface area contributed by atoms with Crippen molar-refractivity contribution in [3.8, 4) is 0 Å². The molecule has 26 heavy (non-hydrogen) atoms. The van der Waals surface area contributed by atoms with E-state index in [0.29, 0.717) is 0 Å². The SMILES string of the molecule is COC(=O)C=CC=P(c1ccccc1)(c1ccccc1)c1ccccc1. The average molecular weight is 360 g/mol. The van der Waals surface area contributed by atoms with Crippen molar-refractivity contribution in [3.05, 3.63) is 103 Å². The summed E-state index contributed by atoms with van der Waals surface area (Å²) in [6, 6.07) is 31.4. The van der Waals surface area contributed by atoms with Gasteiger partial charge >= 0.3 is 5.97 Å². The van der Waals surface area contributed by atoms with Crippen LogP contribution in [-0.2, 0) is 9.53 Å². The molecule has 0 unspecified atom stereocenters. The fourth-order valence-corrected chi connectivity index (χ4v) is 6.70. The summed E-state index contributed by atoms with van der Waals surface area (Å²) in [7, 11) is 1.39. The maximum Gasteiger partial charge on any atom is 0.330 e. The monoisotopic (exact) mass is 360 g/mol. The van der Waals surface area contributed by atoms with Gasteiger partial charge in [0.1, 0.15) is 0 Å². The summed E-state index contributed by atoms with van der Waals surface area (Å²) in [5.74, 6) is 1.82. The van der Waals surface area contributed by atoms with Gasteiger partial charge in [0.15, 0.2) is 0 Å². The van der Waals surface area contributed by atoms with Crippen LogP contribution >= 0.6 is 6.89 Å². The first-order valence-corrected chi connectivity index (χ1v) is 10.3. The Balaban J connectivity index is 2.34. The van der Waals surface area contributed by atoms with Crippen molar-refractivity contribution >= 4 is 34.6 Å². The molecule has 0 aromatic heterocycles. The minimum atomic E-state index is -2.04. The molecule has 0 aliphatic carbocycles. The maximum atomic E-state index is 11.6. The van der Waals surface area contributed by atoms with E-state index in [1.807, 2.05) is 24.3 Å². The Hall–Kier alpha value is -2.83. The largest absolute Gasteiger partial charge is 0.466 e. The molecular weight excluding hydrogens is 339 g/mol. The number of ether oxygens (including phenoxy) is 1. The molecule has 2 nitrogen and oxygen atoms in total. The number of esters is 1. The van der Waals surface area contributed by atoms with E-state index >= 15 is 0 Å². The number of carbonyl (C=O) groups excluding carboxylic acids is 1. The zero-order chi connectivity index (χ0) is 18.2. The van der Waals surface area contributed by atoms with Gasteiger partial charge in [-0.2, -0.15) is 0 Å². The molecule has 0 N–H and O–H groups in total. The second-order valence-corrected chi connectivity index (χ2v) is 9.05. The van der Waals surface area contributed by atoms with E-state index in [-0.39, 0.29) is 5.97 Å². The number of benzene rings is 3. The van der Waals surface area contributed by atoms with Gasteiger partial charge in [0, 0.05) is 6.08 Å². The second kappa shape index (κ2) is 8.51. The van der Waals surface area contributed by atoms with E-state index in [9.17, 15) is 4.79 Å². The summed E-state index contributed by atoms with van der Waals surface area (Å²) in [5, 5.41) is 3.73. The van der Waals surface area contributed by atoms with Crippen molar-refractivity contribution in [1.29, 1.82) is 0 Å². The van der Waals surface area contributed by atoms with Gasteiger partial charge in [-0.15, -0.1) is 0 Å². The Morgan fingerprint density at radius 1 is 0.731 bits per heavy atom. The molecule has 0 atom stereocenters. The van der Waals surface area contributed by atoms with Crippen molar-refractivity contribution in [2.24, 2.45) is 0 Å². The summed E-state index contributed by atoms with van der Waals surface area (Å²) >= 11 is 0. The lowest BCUT2D eigenvalue weighted by atomic mass is 10.4. The molecule has 0 fully saturated rings. The molecule has 0 aliphatic heterocycles. The molecule has 0 amide bonds. The van der Waals surface area contributed by atoms with Crippen molar-refractivity contribution < 1.29 is 9.53 Å². The lowest BCUT2D eigenvalue weighted by molar-refractivity contribution is -0.134. The van der Waals surface area contributed by atoms with E-state index in [2.05, 4.69) is 78.6 Å². The molecule has 0 saturated heterocycles. The van der Waals surface area contributed by atoms with Crippen LogP contribution in [0.5, 0.6) is 0 Å². The highest BCUT2D eigenvalue weighted by atomic mass is 31.2. The lowest BCUT2D eigenvalue weighted by Gasteiger charge is -2.28. The Kier molecular flexibility index (Phi) is 5.88. The molecule has 3 rings (SSSR count). The second-order valence-electron chi connectivity index (χ2n) is 5.76. The quantitative estimate of drug-likeness (QED) is 0.395. The number of allylic oxidation sites excluding steroid dienone is 1. The van der Waals surface area contributed by atoms with Crippen LogP contribution in [0.3, 0.4) is 0 Å². The van der Waals surface area contributed by atoms with Crippen LogP contribution < -0.4 is 15.9 Å². The third-order valence-electron chi connectivity index (χ3n) is 4.23. The molecule has 0 aliphatic rings. The first-order valence-electron chi connectivity index (χ1n) is 8.43. The van der Waals surface area contributed by atoms with Gasteiger partial charge in [0.2, 0.25) is 0 Å². The van der Waals surface area contributed by atoms with Crippen LogP contribution in [0.25, 0.3) is 0 Å². The number of hydrogen-bond donors (Lipinski definition) is 0. The first kappa shape index (κ1) is 18.0. The summed E-state index contributed by atoms with van der Waals surface area (Å²) in [6.07, 6.45) is 3.30. The first-order chi connectivity index (χ1) is 12.8. The van der Waals surface area contributed by atoms with Gasteiger partial charge in [0.25, 0.3) is 0 Å². The molecule has 0 saturated carbocycles. The van der Waals surface area contributed by atoms with Crippen LogP contribution in [-0.4, -0.2) is 18.9 Å². The van der Waals surface area contributed by atoms with Crippen molar-refractivity contribution in [3.63, 3.8) is 0 Å². The van der Waals surface area contributed by atoms with Crippen LogP contribution in [0.2, 0.25) is 0 Å². The number of carbonyl (C=O) groups is 1. The van der Waals surface area contributed by atoms with Gasteiger partial charge in [-0.25, -0.2) is 4.79 Å². The zero-order valence-electron chi connectivity index (χ0n) is 14.7. The van der Waals surface area contributed by atoms with Crippen LogP contribution in [0.4, 0.5) is 0 Å². The van der Waals surface area contributed by atoms with E-state index in [0.717, 1.165) is 0 Å². The Bertz CT molecular complexity index is 826. The maximum absolute atomic E-state index is 11.6. The van der Waals surface area contributed by atoms with Crippen LogP contribution in [0, 0.1) is 0 Å². The number of rotatable bonds is 5. The van der Waals surface area contributed by atoms with Crippen LogP contribution in [0.1, 0.15) is 0 Å². The third kappa shape index (κ3) is 3.71. The van der Waals surface area contributed by atoms with Gasteiger partial charge in [-0.05, 0) is 22.8 Å². The van der Waals surface area contributed by atoms with Crippen molar-refractivity contribution in [2.45, 2.75) is 0 Å². The Labute approximate surface area is 154 Å². The fraction of sp³-hybridized carbons (Fsp3) is 0.0435. The van der Waals surface area contributed by atoms with Crippen molar-refractivity contribution in [1.82, 2.24) is 0 Å². The van der Waals surface area contributed by atoms with E-state index < -0.39 is 6.89 Å². The van der Waals surface area contributed by atoms with E-state index in [1.54, 1.807) is 0 Å². The number of hydrogen-bond acceptors (Lipinski definition) is 2.